The predicted octanol–water partition coefficient (Wildman–Crippen LogP) is 3.04. The SMILES string of the molecule is CC[C@H](C)N(C)CCNC(=O)Cc1nc(-c2ccccc2)oc1C. The lowest BCUT2D eigenvalue weighted by atomic mass is 10.2. The van der Waals surface area contributed by atoms with Crippen LogP contribution in [0.4, 0.5) is 0 Å². The smallest absolute Gasteiger partial charge is 0.226 e. The van der Waals surface area contributed by atoms with Gasteiger partial charge in [-0.2, -0.15) is 0 Å². The molecule has 1 atom stereocenters. The number of nitrogens with one attached hydrogen (secondary N) is 1. The molecule has 0 radical (unpaired) electrons. The number of aryl methyl sites for hydroxylation is 1. The van der Waals surface area contributed by atoms with Crippen molar-refractivity contribution < 1.29 is 9.21 Å². The summed E-state index contributed by atoms with van der Waals surface area (Å²) in [6, 6.07) is 10.2. The molecule has 0 saturated carbocycles. The zero-order chi connectivity index (χ0) is 17.5. The minimum Gasteiger partial charge on any atom is -0.441 e. The molecule has 130 valence electrons. The molecule has 2 rings (SSSR count). The summed E-state index contributed by atoms with van der Waals surface area (Å²) in [6.45, 7) is 7.68. The van der Waals surface area contributed by atoms with Gasteiger partial charge in [-0.1, -0.05) is 25.1 Å². The average molecular weight is 329 g/mol. The molecule has 5 heteroatoms. The first kappa shape index (κ1) is 18.2. The molecule has 24 heavy (non-hydrogen) atoms. The van der Waals surface area contributed by atoms with Crippen molar-refractivity contribution in [1.82, 2.24) is 15.2 Å². The van der Waals surface area contributed by atoms with Crippen LogP contribution in [0.2, 0.25) is 0 Å². The molecule has 1 N–H and O–H groups in total. The van der Waals surface area contributed by atoms with Crippen molar-refractivity contribution in [3.05, 3.63) is 41.8 Å². The van der Waals surface area contributed by atoms with Gasteiger partial charge in [0.15, 0.2) is 0 Å². The van der Waals surface area contributed by atoms with Gasteiger partial charge < -0.3 is 14.6 Å². The monoisotopic (exact) mass is 329 g/mol. The van der Waals surface area contributed by atoms with Gasteiger partial charge in [-0.3, -0.25) is 4.79 Å². The Morgan fingerprint density at radius 2 is 2.04 bits per heavy atom. The number of carbonyl (C=O) groups is 1. The highest BCUT2D eigenvalue weighted by molar-refractivity contribution is 5.78. The van der Waals surface area contributed by atoms with Crippen LogP contribution in [-0.4, -0.2) is 42.0 Å². The lowest BCUT2D eigenvalue weighted by molar-refractivity contribution is -0.120. The van der Waals surface area contributed by atoms with Crippen molar-refractivity contribution in [2.24, 2.45) is 0 Å². The largest absolute Gasteiger partial charge is 0.441 e. The first-order valence-corrected chi connectivity index (χ1v) is 8.50. The Labute approximate surface area is 144 Å². The maximum atomic E-state index is 12.1. The van der Waals surface area contributed by atoms with Crippen LogP contribution in [0.15, 0.2) is 34.7 Å². The van der Waals surface area contributed by atoms with Crippen LogP contribution in [0.1, 0.15) is 31.7 Å². The number of amides is 1. The molecule has 5 nitrogen and oxygen atoms in total. The zero-order valence-corrected chi connectivity index (χ0v) is 15.0. The van der Waals surface area contributed by atoms with Gasteiger partial charge >= 0.3 is 0 Å². The number of hydrogen-bond acceptors (Lipinski definition) is 4. The van der Waals surface area contributed by atoms with Gasteiger partial charge in [0.2, 0.25) is 11.8 Å². The molecule has 0 spiro atoms. The first-order chi connectivity index (χ1) is 11.5. The Morgan fingerprint density at radius 3 is 2.71 bits per heavy atom. The lowest BCUT2D eigenvalue weighted by Crippen LogP contribution is -2.37. The number of nitrogens with zero attached hydrogens (tertiary/aromatic N) is 2. The van der Waals surface area contributed by atoms with Crippen molar-refractivity contribution in [3.63, 3.8) is 0 Å². The molecule has 1 amide bonds. The van der Waals surface area contributed by atoms with Crippen molar-refractivity contribution in [3.8, 4) is 11.5 Å². The van der Waals surface area contributed by atoms with E-state index in [0.29, 0.717) is 29.9 Å². The van der Waals surface area contributed by atoms with Gasteiger partial charge in [-0.05, 0) is 39.4 Å². The Morgan fingerprint density at radius 1 is 1.33 bits per heavy atom. The lowest BCUT2D eigenvalue weighted by Gasteiger charge is -2.23. The molecule has 0 aliphatic heterocycles. The summed E-state index contributed by atoms with van der Waals surface area (Å²) in [6.07, 6.45) is 1.35. The molecule has 1 aromatic carbocycles. The number of oxazole rings is 1. The van der Waals surface area contributed by atoms with Gasteiger partial charge in [0, 0.05) is 24.7 Å². The van der Waals surface area contributed by atoms with Crippen molar-refractivity contribution >= 4 is 5.91 Å². The van der Waals surface area contributed by atoms with Crippen LogP contribution < -0.4 is 5.32 Å². The summed E-state index contributed by atoms with van der Waals surface area (Å²) in [5, 5.41) is 2.95. The third kappa shape index (κ3) is 4.93. The standard InChI is InChI=1S/C19H27N3O2/c1-5-14(2)22(4)12-11-20-18(23)13-17-15(3)24-19(21-17)16-9-7-6-8-10-16/h6-10,14H,5,11-13H2,1-4H3,(H,20,23)/t14-/m0/s1. The summed E-state index contributed by atoms with van der Waals surface area (Å²) >= 11 is 0. The Hall–Kier alpha value is -2.14. The predicted molar refractivity (Wildman–Crippen MR) is 95.8 cm³/mol. The van der Waals surface area contributed by atoms with Crippen LogP contribution in [-0.2, 0) is 11.2 Å². The average Bonchev–Trinajstić information content (AvgIpc) is 2.95. The minimum absolute atomic E-state index is 0.0245. The fraction of sp³-hybridized carbons (Fsp3) is 0.474. The van der Waals surface area contributed by atoms with E-state index in [-0.39, 0.29) is 12.3 Å². The molecule has 0 fully saturated rings. The van der Waals surface area contributed by atoms with E-state index in [4.69, 9.17) is 4.42 Å². The van der Waals surface area contributed by atoms with Crippen LogP contribution in [0, 0.1) is 6.92 Å². The summed E-state index contributed by atoms with van der Waals surface area (Å²) in [7, 11) is 2.08. The van der Waals surface area contributed by atoms with E-state index in [0.717, 1.165) is 18.5 Å². The fourth-order valence-electron chi connectivity index (χ4n) is 2.41. The molecule has 0 saturated heterocycles. The quantitative estimate of drug-likeness (QED) is 0.809. The molecular formula is C19H27N3O2. The maximum absolute atomic E-state index is 12.1. The third-order valence-corrected chi connectivity index (χ3v) is 4.37. The van der Waals surface area contributed by atoms with E-state index in [2.05, 4.69) is 36.1 Å². The molecule has 0 aliphatic rings. The number of likely N-dealkylation sites (N-methyl/N-ethyl adjacent to an activating group) is 1. The van der Waals surface area contributed by atoms with E-state index in [9.17, 15) is 4.79 Å². The molecule has 0 unspecified atom stereocenters. The minimum atomic E-state index is -0.0245. The van der Waals surface area contributed by atoms with Gasteiger partial charge in [0.05, 0.1) is 12.1 Å². The van der Waals surface area contributed by atoms with Crippen LogP contribution >= 0.6 is 0 Å². The Kier molecular flexibility index (Phi) is 6.55. The maximum Gasteiger partial charge on any atom is 0.226 e. The van der Waals surface area contributed by atoms with Crippen molar-refractivity contribution in [2.75, 3.05) is 20.1 Å². The second-order valence-corrected chi connectivity index (χ2v) is 6.15. The number of benzene rings is 1. The summed E-state index contributed by atoms with van der Waals surface area (Å²) in [4.78, 5) is 18.8. The second kappa shape index (κ2) is 8.64. The van der Waals surface area contributed by atoms with E-state index in [1.807, 2.05) is 37.3 Å². The molecule has 2 aromatic rings. The van der Waals surface area contributed by atoms with Crippen molar-refractivity contribution in [1.29, 1.82) is 0 Å². The highest BCUT2D eigenvalue weighted by Gasteiger charge is 2.14. The van der Waals surface area contributed by atoms with Crippen LogP contribution in [0.3, 0.4) is 0 Å². The first-order valence-electron chi connectivity index (χ1n) is 8.50. The Balaban J connectivity index is 1.87. The molecule has 0 aliphatic carbocycles. The van der Waals surface area contributed by atoms with Crippen molar-refractivity contribution in [2.45, 2.75) is 39.7 Å². The van der Waals surface area contributed by atoms with E-state index in [1.54, 1.807) is 0 Å². The topological polar surface area (TPSA) is 58.4 Å². The van der Waals surface area contributed by atoms with Gasteiger partial charge in [-0.15, -0.1) is 0 Å². The summed E-state index contributed by atoms with van der Waals surface area (Å²) in [5.41, 5.74) is 1.61. The third-order valence-electron chi connectivity index (χ3n) is 4.37. The highest BCUT2D eigenvalue weighted by atomic mass is 16.4. The summed E-state index contributed by atoms with van der Waals surface area (Å²) < 4.78 is 5.69. The normalized spacial score (nSPS) is 12.4. The second-order valence-electron chi connectivity index (χ2n) is 6.15. The number of aromatic nitrogens is 1. The van der Waals surface area contributed by atoms with E-state index >= 15 is 0 Å². The number of hydrogen-bond donors (Lipinski definition) is 1. The Bertz CT molecular complexity index is 652. The highest BCUT2D eigenvalue weighted by Crippen LogP contribution is 2.21. The van der Waals surface area contributed by atoms with E-state index < -0.39 is 0 Å². The fourth-order valence-corrected chi connectivity index (χ4v) is 2.41. The molecular weight excluding hydrogens is 302 g/mol. The van der Waals surface area contributed by atoms with Crippen LogP contribution in [0.25, 0.3) is 11.5 Å². The molecule has 1 aromatic heterocycles. The summed E-state index contributed by atoms with van der Waals surface area (Å²) in [5.74, 6) is 1.23. The van der Waals surface area contributed by atoms with E-state index in [1.165, 1.54) is 0 Å². The number of rotatable bonds is 8. The van der Waals surface area contributed by atoms with Gasteiger partial charge in [0.25, 0.3) is 0 Å². The molecule has 0 bridgehead atoms. The van der Waals surface area contributed by atoms with Gasteiger partial charge in [0.1, 0.15) is 5.76 Å². The zero-order valence-electron chi connectivity index (χ0n) is 15.0. The van der Waals surface area contributed by atoms with Crippen LogP contribution in [0.5, 0.6) is 0 Å². The molecule has 1 heterocycles. The number of carbonyl (C=O) groups excluding carboxylic acids is 1. The van der Waals surface area contributed by atoms with Gasteiger partial charge in [-0.25, -0.2) is 4.98 Å².